The largest absolute Gasteiger partial charge is 0.383 e. The van der Waals surface area contributed by atoms with E-state index in [4.69, 9.17) is 10.5 Å². The molecule has 1 aliphatic rings. The van der Waals surface area contributed by atoms with Gasteiger partial charge in [0.1, 0.15) is 16.7 Å². The molecule has 7 heteroatoms. The molecule has 148 valence electrons. The van der Waals surface area contributed by atoms with Crippen LogP contribution in [0.15, 0.2) is 53.3 Å². The number of nitrogens with zero attached hydrogens (tertiary/aromatic N) is 3. The van der Waals surface area contributed by atoms with Gasteiger partial charge in [-0.25, -0.2) is 4.68 Å². The van der Waals surface area contributed by atoms with Crippen LogP contribution >= 0.6 is 0 Å². The number of nitrogens with two attached hydrogens (primary N) is 1. The van der Waals surface area contributed by atoms with Gasteiger partial charge in [0.25, 0.3) is 5.56 Å². The van der Waals surface area contributed by atoms with Gasteiger partial charge in [0.15, 0.2) is 0 Å². The minimum atomic E-state index is -0.218. The molecule has 0 radical (unpaired) electrons. The molecule has 1 fully saturated rings. The maximum Gasteiger partial charge on any atom is 0.261 e. The first-order chi connectivity index (χ1) is 14.2. The molecule has 3 N–H and O–H groups in total. The van der Waals surface area contributed by atoms with Gasteiger partial charge in [-0.3, -0.25) is 9.69 Å². The van der Waals surface area contributed by atoms with Crippen LogP contribution in [0.4, 0.5) is 5.82 Å². The molecule has 0 atom stereocenters. The number of anilines is 1. The second kappa shape index (κ2) is 7.35. The van der Waals surface area contributed by atoms with E-state index in [1.807, 2.05) is 36.4 Å². The Morgan fingerprint density at radius 1 is 1.07 bits per heavy atom. The highest BCUT2D eigenvalue weighted by atomic mass is 16.5. The molecule has 29 heavy (non-hydrogen) atoms. The number of fused-ring (bicyclic) bond motifs is 3. The third-order valence-corrected chi connectivity index (χ3v) is 5.58. The number of aromatic nitrogens is 3. The zero-order chi connectivity index (χ0) is 19.8. The quantitative estimate of drug-likeness (QED) is 0.559. The highest BCUT2D eigenvalue weighted by molar-refractivity contribution is 6.06. The zero-order valence-electron chi connectivity index (χ0n) is 16.1. The van der Waals surface area contributed by atoms with Crippen molar-refractivity contribution in [1.82, 2.24) is 19.7 Å². The van der Waals surface area contributed by atoms with Gasteiger partial charge in [0.05, 0.1) is 24.4 Å². The molecule has 3 heterocycles. The minimum Gasteiger partial charge on any atom is -0.383 e. The molecule has 2 aromatic carbocycles. The van der Waals surface area contributed by atoms with Crippen molar-refractivity contribution in [2.45, 2.75) is 6.42 Å². The van der Waals surface area contributed by atoms with Crippen molar-refractivity contribution in [2.24, 2.45) is 0 Å². The summed E-state index contributed by atoms with van der Waals surface area (Å²) in [7, 11) is 0. The summed E-state index contributed by atoms with van der Waals surface area (Å²) < 4.78 is 7.05. The van der Waals surface area contributed by atoms with Crippen LogP contribution in [0.1, 0.15) is 5.56 Å². The van der Waals surface area contributed by atoms with E-state index in [1.165, 1.54) is 5.56 Å². The molecule has 0 unspecified atom stereocenters. The van der Waals surface area contributed by atoms with E-state index in [-0.39, 0.29) is 5.56 Å². The first-order valence-corrected chi connectivity index (χ1v) is 9.89. The maximum absolute atomic E-state index is 12.5. The summed E-state index contributed by atoms with van der Waals surface area (Å²) in [6.07, 6.45) is 0.987. The number of para-hydroxylation sites is 1. The van der Waals surface area contributed by atoms with Crippen molar-refractivity contribution in [2.75, 3.05) is 38.6 Å². The Morgan fingerprint density at radius 3 is 2.62 bits per heavy atom. The second-order valence-electron chi connectivity index (χ2n) is 7.39. The van der Waals surface area contributed by atoms with Crippen LogP contribution in [0.5, 0.6) is 0 Å². The number of morpholine rings is 1. The van der Waals surface area contributed by atoms with E-state index in [0.29, 0.717) is 16.7 Å². The molecule has 0 amide bonds. The van der Waals surface area contributed by atoms with Gasteiger partial charge in [0, 0.05) is 25.0 Å². The number of benzene rings is 2. The van der Waals surface area contributed by atoms with Crippen LogP contribution in [-0.2, 0) is 11.2 Å². The SMILES string of the molecule is Nc1c2c(=O)[nH]c3ccccc3c2nn1-c1ccc(CCN2CCOCC2)cc1. The Kier molecular flexibility index (Phi) is 4.54. The summed E-state index contributed by atoms with van der Waals surface area (Å²) in [4.78, 5) is 17.9. The van der Waals surface area contributed by atoms with E-state index in [0.717, 1.165) is 55.9 Å². The van der Waals surface area contributed by atoms with E-state index >= 15 is 0 Å². The van der Waals surface area contributed by atoms with Gasteiger partial charge >= 0.3 is 0 Å². The van der Waals surface area contributed by atoms with Gasteiger partial charge in [-0.1, -0.05) is 30.3 Å². The van der Waals surface area contributed by atoms with Gasteiger partial charge in [-0.2, -0.15) is 5.10 Å². The fourth-order valence-electron chi connectivity index (χ4n) is 3.94. The van der Waals surface area contributed by atoms with Crippen molar-refractivity contribution in [3.63, 3.8) is 0 Å². The van der Waals surface area contributed by atoms with Crippen molar-refractivity contribution in [1.29, 1.82) is 0 Å². The Morgan fingerprint density at radius 2 is 1.83 bits per heavy atom. The molecule has 7 nitrogen and oxygen atoms in total. The number of nitrogens with one attached hydrogen (secondary N) is 1. The fourth-order valence-corrected chi connectivity index (χ4v) is 3.94. The number of H-pyrrole nitrogens is 1. The lowest BCUT2D eigenvalue weighted by atomic mass is 10.1. The molecular formula is C22H23N5O2. The van der Waals surface area contributed by atoms with Crippen LogP contribution in [-0.4, -0.2) is 52.5 Å². The van der Waals surface area contributed by atoms with Gasteiger partial charge in [0.2, 0.25) is 0 Å². The Labute approximate surface area is 167 Å². The molecule has 0 aliphatic carbocycles. The first-order valence-electron chi connectivity index (χ1n) is 9.89. The summed E-state index contributed by atoms with van der Waals surface area (Å²) >= 11 is 0. The lowest BCUT2D eigenvalue weighted by Crippen LogP contribution is -2.37. The Bertz CT molecular complexity index is 1220. The number of aromatic amines is 1. The fraction of sp³-hybridized carbons (Fsp3) is 0.273. The minimum absolute atomic E-state index is 0.218. The molecule has 0 bridgehead atoms. The summed E-state index contributed by atoms with van der Waals surface area (Å²) in [6, 6.07) is 15.8. The molecule has 0 spiro atoms. The monoisotopic (exact) mass is 389 g/mol. The average molecular weight is 389 g/mol. The van der Waals surface area contributed by atoms with Crippen LogP contribution in [0.3, 0.4) is 0 Å². The molecule has 4 aromatic rings. The van der Waals surface area contributed by atoms with Crippen LogP contribution in [0.25, 0.3) is 27.5 Å². The van der Waals surface area contributed by atoms with E-state index in [2.05, 4.69) is 27.1 Å². The van der Waals surface area contributed by atoms with Crippen LogP contribution in [0.2, 0.25) is 0 Å². The van der Waals surface area contributed by atoms with Gasteiger partial charge in [-0.15, -0.1) is 0 Å². The van der Waals surface area contributed by atoms with E-state index < -0.39 is 0 Å². The maximum atomic E-state index is 12.5. The van der Waals surface area contributed by atoms with Crippen molar-refractivity contribution < 1.29 is 4.74 Å². The smallest absolute Gasteiger partial charge is 0.261 e. The molecule has 5 rings (SSSR count). The third-order valence-electron chi connectivity index (χ3n) is 5.58. The number of pyridine rings is 1. The average Bonchev–Trinajstić information content (AvgIpc) is 3.12. The second-order valence-corrected chi connectivity index (χ2v) is 7.39. The Hall–Kier alpha value is -3.16. The lowest BCUT2D eigenvalue weighted by molar-refractivity contribution is 0.0384. The highest BCUT2D eigenvalue weighted by Crippen LogP contribution is 2.26. The molecule has 1 aliphatic heterocycles. The number of rotatable bonds is 4. The molecule has 2 aromatic heterocycles. The summed E-state index contributed by atoms with van der Waals surface area (Å²) in [5.41, 5.74) is 9.59. The van der Waals surface area contributed by atoms with E-state index in [1.54, 1.807) is 4.68 Å². The van der Waals surface area contributed by atoms with Crippen molar-refractivity contribution >= 4 is 27.6 Å². The number of hydrogen-bond donors (Lipinski definition) is 2. The van der Waals surface area contributed by atoms with Gasteiger partial charge < -0.3 is 15.5 Å². The summed E-state index contributed by atoms with van der Waals surface area (Å²) in [5.74, 6) is 0.355. The van der Waals surface area contributed by atoms with Crippen LogP contribution < -0.4 is 11.3 Å². The predicted molar refractivity (Wildman–Crippen MR) is 115 cm³/mol. The number of ether oxygens (including phenoxy) is 1. The lowest BCUT2D eigenvalue weighted by Gasteiger charge is -2.26. The topological polar surface area (TPSA) is 89.2 Å². The van der Waals surface area contributed by atoms with Crippen molar-refractivity contribution in [3.8, 4) is 5.69 Å². The van der Waals surface area contributed by atoms with Crippen molar-refractivity contribution in [3.05, 3.63) is 64.4 Å². The highest BCUT2D eigenvalue weighted by Gasteiger charge is 2.16. The standard InChI is InChI=1S/C22H23N5O2/c23-21-19-20(17-3-1-2-4-18(17)24-22(19)28)25-27(21)16-7-5-15(6-8-16)9-10-26-11-13-29-14-12-26/h1-8H,9-14,23H2,(H,24,28). The zero-order valence-corrected chi connectivity index (χ0v) is 16.1. The molecular weight excluding hydrogens is 366 g/mol. The predicted octanol–water partition coefficient (Wildman–Crippen LogP) is 2.32. The Balaban J connectivity index is 1.46. The van der Waals surface area contributed by atoms with Crippen LogP contribution in [0, 0.1) is 0 Å². The summed E-state index contributed by atoms with van der Waals surface area (Å²) in [5, 5.41) is 5.98. The van der Waals surface area contributed by atoms with E-state index in [9.17, 15) is 4.79 Å². The number of hydrogen-bond acceptors (Lipinski definition) is 5. The molecule has 1 saturated heterocycles. The van der Waals surface area contributed by atoms with Gasteiger partial charge in [-0.05, 0) is 30.2 Å². The normalized spacial score (nSPS) is 15.3. The molecule has 0 saturated carbocycles. The first kappa shape index (κ1) is 17.9. The summed E-state index contributed by atoms with van der Waals surface area (Å²) in [6.45, 7) is 4.66. The third kappa shape index (κ3) is 3.28. The number of nitrogen functional groups attached to an aromatic ring is 1.